The number of aliphatic hydroxyl groups is 1. The zero-order chi connectivity index (χ0) is 16.7. The van der Waals surface area contributed by atoms with Gasteiger partial charge in [-0.1, -0.05) is 12.1 Å². The third-order valence-electron chi connectivity index (χ3n) is 3.04. The smallest absolute Gasteiger partial charge is 0.338 e. The number of aliphatic hydroxyl groups excluding tert-OH is 1. The number of rotatable bonds is 7. The Morgan fingerprint density at radius 3 is 2.50 bits per heavy atom. The monoisotopic (exact) mass is 310 g/mol. The zero-order valence-electron chi connectivity index (χ0n) is 12.4. The molecule has 0 aliphatic heterocycles. The fourth-order valence-electron chi connectivity index (χ4n) is 2.00. The van der Waals surface area contributed by atoms with Gasteiger partial charge in [0.25, 0.3) is 0 Å². The minimum atomic E-state index is -1.79. The minimum Gasteiger partial charge on any atom is -0.479 e. The Morgan fingerprint density at radius 2 is 1.95 bits per heavy atom. The summed E-state index contributed by atoms with van der Waals surface area (Å²) in [4.78, 5) is 34.2. The van der Waals surface area contributed by atoms with Crippen molar-refractivity contribution in [2.75, 3.05) is 13.7 Å². The van der Waals surface area contributed by atoms with Gasteiger partial charge in [0.15, 0.2) is 6.10 Å². The number of hydrogen-bond acceptors (Lipinski definition) is 6. The molecule has 0 aliphatic carbocycles. The number of carboxylic acid groups (broad SMARTS) is 1. The van der Waals surface area contributed by atoms with E-state index in [-0.39, 0.29) is 36.1 Å². The summed E-state index contributed by atoms with van der Waals surface area (Å²) >= 11 is 0. The molecule has 0 aliphatic rings. The fraction of sp³-hybridized carbons (Fsp3) is 0.400. The van der Waals surface area contributed by atoms with Crippen molar-refractivity contribution in [2.24, 2.45) is 0 Å². The van der Waals surface area contributed by atoms with Crippen LogP contribution < -0.4 is 0 Å². The summed E-state index contributed by atoms with van der Waals surface area (Å²) in [5.41, 5.74) is 0.451. The molecule has 0 saturated heterocycles. The Labute approximate surface area is 127 Å². The minimum absolute atomic E-state index is 0.0493. The molecule has 1 rings (SSSR count). The van der Waals surface area contributed by atoms with E-state index in [0.29, 0.717) is 0 Å². The number of esters is 2. The molecule has 7 nitrogen and oxygen atoms in total. The van der Waals surface area contributed by atoms with E-state index < -0.39 is 24.0 Å². The molecular weight excluding hydrogens is 292 g/mol. The molecule has 1 atom stereocenters. The van der Waals surface area contributed by atoms with Crippen LogP contribution in [0.2, 0.25) is 0 Å². The lowest BCUT2D eigenvalue weighted by Gasteiger charge is -2.15. The number of aliphatic carboxylic acids is 1. The van der Waals surface area contributed by atoms with Gasteiger partial charge in [0.2, 0.25) is 0 Å². The summed E-state index contributed by atoms with van der Waals surface area (Å²) in [5.74, 6) is -2.59. The highest BCUT2D eigenvalue weighted by atomic mass is 16.5. The van der Waals surface area contributed by atoms with Gasteiger partial charge in [-0.15, -0.1) is 0 Å². The second-order valence-electron chi connectivity index (χ2n) is 4.41. The first kappa shape index (κ1) is 17.6. The van der Waals surface area contributed by atoms with Gasteiger partial charge in [0.05, 0.1) is 19.3 Å². The van der Waals surface area contributed by atoms with Crippen molar-refractivity contribution in [3.05, 3.63) is 34.9 Å². The Hall–Kier alpha value is -2.41. The SMILES string of the molecule is CCOC(=O)c1cccc(C(O)C(=O)O)c1CCC(=O)OC. The molecule has 0 amide bonds. The van der Waals surface area contributed by atoms with E-state index in [1.54, 1.807) is 6.92 Å². The van der Waals surface area contributed by atoms with Crippen LogP contribution in [0.5, 0.6) is 0 Å². The van der Waals surface area contributed by atoms with Crippen LogP contribution in [0, 0.1) is 0 Å². The van der Waals surface area contributed by atoms with E-state index in [9.17, 15) is 19.5 Å². The molecule has 1 aromatic rings. The maximum Gasteiger partial charge on any atom is 0.338 e. The van der Waals surface area contributed by atoms with E-state index in [1.165, 1.54) is 25.3 Å². The van der Waals surface area contributed by atoms with Gasteiger partial charge in [-0.05, 0) is 30.5 Å². The van der Waals surface area contributed by atoms with Gasteiger partial charge in [-0.25, -0.2) is 9.59 Å². The number of carbonyl (C=O) groups excluding carboxylic acids is 2. The molecule has 1 unspecified atom stereocenters. The summed E-state index contributed by atoms with van der Waals surface area (Å²) < 4.78 is 9.45. The fourth-order valence-corrected chi connectivity index (χ4v) is 2.00. The lowest BCUT2D eigenvalue weighted by atomic mass is 9.93. The predicted molar refractivity (Wildman–Crippen MR) is 75.3 cm³/mol. The van der Waals surface area contributed by atoms with Gasteiger partial charge in [0.1, 0.15) is 0 Å². The Kier molecular flexibility index (Phi) is 6.52. The van der Waals surface area contributed by atoms with Gasteiger partial charge < -0.3 is 19.7 Å². The van der Waals surface area contributed by atoms with Crippen LogP contribution in [0.15, 0.2) is 18.2 Å². The van der Waals surface area contributed by atoms with Crippen LogP contribution in [0.3, 0.4) is 0 Å². The van der Waals surface area contributed by atoms with Crippen LogP contribution in [0.1, 0.15) is 40.9 Å². The Balaban J connectivity index is 3.25. The standard InChI is InChI=1S/C15H18O7/c1-3-22-15(20)11-6-4-5-10(13(17)14(18)19)9(11)7-8-12(16)21-2/h4-6,13,17H,3,7-8H2,1-2H3,(H,18,19). The van der Waals surface area contributed by atoms with Crippen molar-refractivity contribution < 1.29 is 34.1 Å². The summed E-state index contributed by atoms with van der Waals surface area (Å²) in [6.45, 7) is 1.79. The largest absolute Gasteiger partial charge is 0.479 e. The van der Waals surface area contributed by atoms with Crippen molar-refractivity contribution in [1.29, 1.82) is 0 Å². The molecule has 0 saturated carbocycles. The van der Waals surface area contributed by atoms with Crippen molar-refractivity contribution in [3.63, 3.8) is 0 Å². The van der Waals surface area contributed by atoms with Crippen LogP contribution in [-0.2, 0) is 25.5 Å². The Morgan fingerprint density at radius 1 is 1.27 bits per heavy atom. The molecule has 0 radical (unpaired) electrons. The van der Waals surface area contributed by atoms with Gasteiger partial charge in [-0.3, -0.25) is 4.79 Å². The topological polar surface area (TPSA) is 110 Å². The molecule has 2 N–H and O–H groups in total. The average Bonchev–Trinajstić information content (AvgIpc) is 2.51. The summed E-state index contributed by atoms with van der Waals surface area (Å²) in [6, 6.07) is 4.31. The number of hydrogen-bond donors (Lipinski definition) is 2. The normalized spacial score (nSPS) is 11.6. The molecule has 7 heteroatoms. The lowest BCUT2D eigenvalue weighted by molar-refractivity contribution is -0.147. The molecule has 0 fully saturated rings. The second-order valence-corrected chi connectivity index (χ2v) is 4.41. The molecule has 1 aromatic carbocycles. The van der Waals surface area contributed by atoms with E-state index in [2.05, 4.69) is 4.74 Å². The van der Waals surface area contributed by atoms with Crippen LogP contribution in [-0.4, -0.2) is 41.8 Å². The van der Waals surface area contributed by atoms with E-state index >= 15 is 0 Å². The number of carbonyl (C=O) groups is 3. The van der Waals surface area contributed by atoms with Crippen molar-refractivity contribution in [1.82, 2.24) is 0 Å². The lowest BCUT2D eigenvalue weighted by Crippen LogP contribution is -2.17. The number of methoxy groups -OCH3 is 1. The van der Waals surface area contributed by atoms with Gasteiger partial charge >= 0.3 is 17.9 Å². The number of carboxylic acids is 1. The molecule has 0 heterocycles. The predicted octanol–water partition coefficient (Wildman–Crippen LogP) is 1.09. The highest BCUT2D eigenvalue weighted by Gasteiger charge is 2.24. The third kappa shape index (κ3) is 4.29. The van der Waals surface area contributed by atoms with E-state index in [4.69, 9.17) is 9.84 Å². The highest BCUT2D eigenvalue weighted by Crippen LogP contribution is 2.24. The quantitative estimate of drug-likeness (QED) is 0.725. The van der Waals surface area contributed by atoms with Crippen molar-refractivity contribution in [3.8, 4) is 0 Å². The summed E-state index contributed by atoms with van der Waals surface area (Å²) in [6.07, 6.45) is -1.78. The van der Waals surface area contributed by atoms with Crippen molar-refractivity contribution in [2.45, 2.75) is 25.9 Å². The number of benzene rings is 1. The van der Waals surface area contributed by atoms with Gasteiger partial charge in [-0.2, -0.15) is 0 Å². The van der Waals surface area contributed by atoms with E-state index in [0.717, 1.165) is 0 Å². The Bertz CT molecular complexity index is 565. The molecule has 0 spiro atoms. The number of ether oxygens (including phenoxy) is 2. The second kappa shape index (κ2) is 8.14. The maximum atomic E-state index is 12.0. The molecule has 120 valence electrons. The zero-order valence-corrected chi connectivity index (χ0v) is 12.4. The third-order valence-corrected chi connectivity index (χ3v) is 3.04. The first-order valence-electron chi connectivity index (χ1n) is 6.68. The molecule has 22 heavy (non-hydrogen) atoms. The van der Waals surface area contributed by atoms with Crippen LogP contribution in [0.25, 0.3) is 0 Å². The first-order valence-corrected chi connectivity index (χ1v) is 6.68. The summed E-state index contributed by atoms with van der Waals surface area (Å²) in [5, 5.41) is 18.7. The molecular formula is C15H18O7. The first-order chi connectivity index (χ1) is 10.4. The van der Waals surface area contributed by atoms with Gasteiger partial charge in [0, 0.05) is 6.42 Å². The van der Waals surface area contributed by atoms with Crippen LogP contribution in [0.4, 0.5) is 0 Å². The van der Waals surface area contributed by atoms with Crippen molar-refractivity contribution >= 4 is 17.9 Å². The summed E-state index contributed by atoms with van der Waals surface area (Å²) in [7, 11) is 1.23. The maximum absolute atomic E-state index is 12.0. The van der Waals surface area contributed by atoms with E-state index in [1.807, 2.05) is 0 Å². The van der Waals surface area contributed by atoms with Crippen LogP contribution >= 0.6 is 0 Å². The molecule has 0 aromatic heterocycles. The molecule has 0 bridgehead atoms. The highest BCUT2D eigenvalue weighted by molar-refractivity contribution is 5.92. The average molecular weight is 310 g/mol.